The van der Waals surface area contributed by atoms with Gasteiger partial charge in [0.1, 0.15) is 0 Å². The van der Waals surface area contributed by atoms with E-state index in [-0.39, 0.29) is 5.41 Å². The quantitative estimate of drug-likeness (QED) is 0.808. The predicted molar refractivity (Wildman–Crippen MR) is 89.2 cm³/mol. The summed E-state index contributed by atoms with van der Waals surface area (Å²) in [4.78, 5) is 6.35. The summed E-state index contributed by atoms with van der Waals surface area (Å²) >= 11 is 0. The molecule has 1 aromatic carbocycles. The Labute approximate surface area is 126 Å². The van der Waals surface area contributed by atoms with Crippen LogP contribution in [0.25, 0.3) is 6.08 Å². The zero-order chi connectivity index (χ0) is 14.9. The topological polar surface area (TPSA) is 16.1 Å². The number of para-hydroxylation sites is 1. The van der Waals surface area contributed by atoms with Gasteiger partial charge in [0.15, 0.2) is 0 Å². The Hall–Kier alpha value is -2.35. The van der Waals surface area contributed by atoms with Crippen LogP contribution in [0.3, 0.4) is 0 Å². The number of benzene rings is 1. The number of hydrogen-bond acceptors (Lipinski definition) is 2. The summed E-state index contributed by atoms with van der Waals surface area (Å²) in [5, 5.41) is 0. The minimum absolute atomic E-state index is 0.00180. The van der Waals surface area contributed by atoms with Gasteiger partial charge in [0, 0.05) is 36.7 Å². The molecule has 0 unspecified atom stereocenters. The summed E-state index contributed by atoms with van der Waals surface area (Å²) in [5.41, 5.74) is 5.06. The third kappa shape index (κ3) is 2.49. The summed E-state index contributed by atoms with van der Waals surface area (Å²) in [6.07, 6.45) is 10.2. The molecule has 1 aromatic heterocycles. The van der Waals surface area contributed by atoms with Gasteiger partial charge in [-0.3, -0.25) is 4.98 Å². The molecule has 1 aliphatic rings. The molecule has 0 saturated heterocycles. The van der Waals surface area contributed by atoms with Crippen LogP contribution in [0.15, 0.2) is 66.6 Å². The average Bonchev–Trinajstić information content (AvgIpc) is 2.51. The van der Waals surface area contributed by atoms with Crippen LogP contribution in [-0.4, -0.2) is 12.0 Å². The van der Waals surface area contributed by atoms with Crippen molar-refractivity contribution in [2.45, 2.75) is 19.3 Å². The van der Waals surface area contributed by atoms with E-state index >= 15 is 0 Å². The molecule has 1 aliphatic heterocycles. The lowest BCUT2D eigenvalue weighted by Crippen LogP contribution is -2.29. The van der Waals surface area contributed by atoms with Gasteiger partial charge in [-0.2, -0.15) is 0 Å². The van der Waals surface area contributed by atoms with Gasteiger partial charge < -0.3 is 4.90 Å². The first-order valence-corrected chi connectivity index (χ1v) is 7.22. The van der Waals surface area contributed by atoms with Crippen molar-refractivity contribution in [2.24, 2.45) is 0 Å². The zero-order valence-corrected chi connectivity index (χ0v) is 12.7. The number of pyridine rings is 1. The van der Waals surface area contributed by atoms with E-state index in [2.05, 4.69) is 79.5 Å². The average molecular weight is 276 g/mol. The Kier molecular flexibility index (Phi) is 3.38. The van der Waals surface area contributed by atoms with Crippen LogP contribution in [0, 0.1) is 0 Å². The van der Waals surface area contributed by atoms with E-state index in [0.717, 1.165) is 5.56 Å². The Bertz CT molecular complexity index is 697. The Morgan fingerprint density at radius 3 is 2.62 bits per heavy atom. The Morgan fingerprint density at radius 2 is 1.86 bits per heavy atom. The third-order valence-electron chi connectivity index (χ3n) is 4.15. The van der Waals surface area contributed by atoms with Crippen LogP contribution in [0.1, 0.15) is 25.0 Å². The fourth-order valence-electron chi connectivity index (χ4n) is 2.82. The first-order valence-electron chi connectivity index (χ1n) is 7.22. The van der Waals surface area contributed by atoms with E-state index in [4.69, 9.17) is 0 Å². The molecule has 2 heteroatoms. The van der Waals surface area contributed by atoms with Crippen molar-refractivity contribution in [2.75, 3.05) is 11.9 Å². The molecule has 0 saturated carbocycles. The molecule has 0 amide bonds. The lowest BCUT2D eigenvalue weighted by molar-refractivity contribution is 0.626. The van der Waals surface area contributed by atoms with Crippen LogP contribution >= 0.6 is 0 Å². The van der Waals surface area contributed by atoms with Crippen LogP contribution in [0.5, 0.6) is 0 Å². The van der Waals surface area contributed by atoms with Crippen molar-refractivity contribution in [3.63, 3.8) is 0 Å². The van der Waals surface area contributed by atoms with Gasteiger partial charge in [-0.05, 0) is 28.8 Å². The predicted octanol–water partition coefficient (Wildman–Crippen LogP) is 4.41. The van der Waals surface area contributed by atoms with Crippen molar-refractivity contribution in [3.05, 3.63) is 77.8 Å². The molecule has 3 rings (SSSR count). The highest BCUT2D eigenvalue weighted by molar-refractivity contribution is 5.67. The van der Waals surface area contributed by atoms with Gasteiger partial charge in [0.2, 0.25) is 0 Å². The maximum Gasteiger partial charge on any atom is 0.0445 e. The lowest BCUT2D eigenvalue weighted by Gasteiger charge is -2.37. The van der Waals surface area contributed by atoms with E-state index in [1.165, 1.54) is 16.8 Å². The van der Waals surface area contributed by atoms with Gasteiger partial charge >= 0.3 is 0 Å². The number of hydrogen-bond donors (Lipinski definition) is 0. The molecule has 2 aromatic rings. The van der Waals surface area contributed by atoms with Crippen LogP contribution < -0.4 is 4.90 Å². The third-order valence-corrected chi connectivity index (χ3v) is 4.15. The van der Waals surface area contributed by atoms with Gasteiger partial charge in [-0.1, -0.05) is 50.3 Å². The van der Waals surface area contributed by atoms with Crippen molar-refractivity contribution >= 4 is 11.8 Å². The monoisotopic (exact) mass is 276 g/mol. The number of fused-ring (bicyclic) bond motifs is 1. The smallest absolute Gasteiger partial charge is 0.0445 e. The SMILES string of the molecule is CN1C=C(C=Cc2cccnc2)C(C)(C)c2ccccc21. The molecular formula is C19H20N2. The summed E-state index contributed by atoms with van der Waals surface area (Å²) in [5.74, 6) is 0. The second kappa shape index (κ2) is 5.21. The maximum atomic E-state index is 4.15. The second-order valence-corrected chi connectivity index (χ2v) is 5.96. The molecule has 0 spiro atoms. The maximum absolute atomic E-state index is 4.15. The number of anilines is 1. The molecule has 0 aliphatic carbocycles. The van der Waals surface area contributed by atoms with Gasteiger partial charge in [0.05, 0.1) is 0 Å². The summed E-state index contributed by atoms with van der Waals surface area (Å²) in [6, 6.07) is 12.6. The van der Waals surface area contributed by atoms with Crippen LogP contribution in [0.4, 0.5) is 5.69 Å². The molecule has 106 valence electrons. The number of allylic oxidation sites excluding steroid dienone is 2. The van der Waals surface area contributed by atoms with Crippen LogP contribution in [0.2, 0.25) is 0 Å². The Morgan fingerprint density at radius 1 is 1.05 bits per heavy atom. The van der Waals surface area contributed by atoms with Crippen molar-refractivity contribution in [3.8, 4) is 0 Å². The molecule has 0 N–H and O–H groups in total. The largest absolute Gasteiger partial charge is 0.350 e. The van der Waals surface area contributed by atoms with E-state index in [1.807, 2.05) is 12.3 Å². The molecular weight excluding hydrogens is 256 g/mol. The highest BCUT2D eigenvalue weighted by atomic mass is 15.1. The molecule has 21 heavy (non-hydrogen) atoms. The van der Waals surface area contributed by atoms with Gasteiger partial charge in [-0.25, -0.2) is 0 Å². The van der Waals surface area contributed by atoms with Crippen molar-refractivity contribution < 1.29 is 0 Å². The summed E-state index contributed by atoms with van der Waals surface area (Å²) in [6.45, 7) is 4.55. The highest BCUT2D eigenvalue weighted by Crippen LogP contribution is 2.42. The number of nitrogens with zero attached hydrogens (tertiary/aromatic N) is 2. The standard InChI is InChI=1S/C19H20N2/c1-19(2)16(11-10-15-7-6-12-20-13-15)14-21(3)18-9-5-4-8-17(18)19/h4-14H,1-3H3. The van der Waals surface area contributed by atoms with Gasteiger partial charge in [-0.15, -0.1) is 0 Å². The van der Waals surface area contributed by atoms with E-state index < -0.39 is 0 Å². The molecule has 2 nitrogen and oxygen atoms in total. The molecule has 2 heterocycles. The molecule has 0 bridgehead atoms. The highest BCUT2D eigenvalue weighted by Gasteiger charge is 2.31. The first-order chi connectivity index (χ1) is 10.1. The van der Waals surface area contributed by atoms with Crippen molar-refractivity contribution in [1.82, 2.24) is 4.98 Å². The zero-order valence-electron chi connectivity index (χ0n) is 12.7. The molecule has 0 atom stereocenters. The van der Waals surface area contributed by atoms with Gasteiger partial charge in [0.25, 0.3) is 0 Å². The number of aromatic nitrogens is 1. The Balaban J connectivity index is 1.99. The fraction of sp³-hybridized carbons (Fsp3) is 0.211. The first kappa shape index (κ1) is 13.6. The summed E-state index contributed by atoms with van der Waals surface area (Å²) < 4.78 is 0. The van der Waals surface area contributed by atoms with E-state index in [0.29, 0.717) is 0 Å². The minimum atomic E-state index is 0.00180. The van der Waals surface area contributed by atoms with E-state index in [1.54, 1.807) is 6.20 Å². The van der Waals surface area contributed by atoms with E-state index in [9.17, 15) is 0 Å². The minimum Gasteiger partial charge on any atom is -0.350 e. The normalized spacial score (nSPS) is 16.7. The summed E-state index contributed by atoms with van der Waals surface area (Å²) in [7, 11) is 2.10. The van der Waals surface area contributed by atoms with Crippen LogP contribution in [-0.2, 0) is 5.41 Å². The van der Waals surface area contributed by atoms with Crippen molar-refractivity contribution in [1.29, 1.82) is 0 Å². The lowest BCUT2D eigenvalue weighted by atomic mass is 9.75. The fourth-order valence-corrected chi connectivity index (χ4v) is 2.82. The molecule has 0 radical (unpaired) electrons. The number of rotatable bonds is 2. The second-order valence-electron chi connectivity index (χ2n) is 5.96. The molecule has 0 fully saturated rings.